The topological polar surface area (TPSA) is 61.4 Å². The molecule has 0 saturated carbocycles. The van der Waals surface area contributed by atoms with Crippen molar-refractivity contribution in [2.75, 3.05) is 26.2 Å². The van der Waals surface area contributed by atoms with Crippen LogP contribution < -0.4 is 10.6 Å². The Morgan fingerprint density at radius 3 is 2.52 bits per heavy atom. The first-order valence-electron chi connectivity index (χ1n) is 9.55. The molecule has 0 aromatic heterocycles. The average Bonchev–Trinajstić information content (AvgIpc) is 2.68. The molecule has 3 rings (SSSR count). The molecule has 0 bridgehead atoms. The van der Waals surface area contributed by atoms with Crippen LogP contribution in [0.25, 0.3) is 0 Å². The van der Waals surface area contributed by atoms with Crippen LogP contribution in [-0.4, -0.2) is 48.9 Å². The summed E-state index contributed by atoms with van der Waals surface area (Å²) < 4.78 is 0. The number of nitrogens with one attached hydrogen (secondary N) is 2. The minimum absolute atomic E-state index is 0.0352. The molecular formula is C20H29N3O2. The van der Waals surface area contributed by atoms with Crippen LogP contribution in [0.2, 0.25) is 0 Å². The molecule has 2 heterocycles. The first-order chi connectivity index (χ1) is 12.2. The minimum atomic E-state index is -0.127. The molecule has 2 fully saturated rings. The van der Waals surface area contributed by atoms with Gasteiger partial charge in [-0.25, -0.2) is 0 Å². The van der Waals surface area contributed by atoms with Gasteiger partial charge in [-0.2, -0.15) is 0 Å². The standard InChI is InChI=1S/C20H29N3O2/c24-19(15-22-20(25)18-8-4-5-11-21-18)23-12-9-17(10-13-23)14-16-6-2-1-3-7-16/h1-3,6-7,17-18,21H,4-5,8-15H2,(H,22,25). The fourth-order valence-electron chi connectivity index (χ4n) is 3.81. The van der Waals surface area contributed by atoms with Crippen molar-refractivity contribution >= 4 is 11.8 Å². The third-order valence-corrected chi connectivity index (χ3v) is 5.38. The van der Waals surface area contributed by atoms with E-state index in [2.05, 4.69) is 34.9 Å². The summed E-state index contributed by atoms with van der Waals surface area (Å²) >= 11 is 0. The van der Waals surface area contributed by atoms with Gasteiger partial charge in [0, 0.05) is 13.1 Å². The maximum absolute atomic E-state index is 12.3. The Morgan fingerprint density at radius 1 is 1.08 bits per heavy atom. The first-order valence-corrected chi connectivity index (χ1v) is 9.55. The van der Waals surface area contributed by atoms with Gasteiger partial charge >= 0.3 is 0 Å². The SMILES string of the molecule is O=C(NCC(=O)N1CCC(Cc2ccccc2)CC1)C1CCCCN1. The van der Waals surface area contributed by atoms with E-state index in [0.717, 1.165) is 58.2 Å². The summed E-state index contributed by atoms with van der Waals surface area (Å²) in [6.07, 6.45) is 6.24. The normalized spacial score (nSPS) is 21.8. The number of carbonyl (C=O) groups excluding carboxylic acids is 2. The first kappa shape index (κ1) is 17.9. The molecular weight excluding hydrogens is 314 g/mol. The maximum atomic E-state index is 12.3. The van der Waals surface area contributed by atoms with Gasteiger partial charge in [-0.15, -0.1) is 0 Å². The minimum Gasteiger partial charge on any atom is -0.346 e. The molecule has 2 amide bonds. The van der Waals surface area contributed by atoms with Gasteiger partial charge in [0.15, 0.2) is 0 Å². The number of hydrogen-bond donors (Lipinski definition) is 2. The molecule has 2 N–H and O–H groups in total. The lowest BCUT2D eigenvalue weighted by Crippen LogP contribution is -2.50. The zero-order valence-corrected chi connectivity index (χ0v) is 14.9. The highest BCUT2D eigenvalue weighted by Gasteiger charge is 2.25. The average molecular weight is 343 g/mol. The molecule has 0 spiro atoms. The number of nitrogens with zero attached hydrogens (tertiary/aromatic N) is 1. The van der Waals surface area contributed by atoms with Gasteiger partial charge in [0.1, 0.15) is 0 Å². The number of hydrogen-bond acceptors (Lipinski definition) is 3. The van der Waals surface area contributed by atoms with E-state index in [9.17, 15) is 9.59 Å². The number of rotatable bonds is 5. The lowest BCUT2D eigenvalue weighted by Gasteiger charge is -2.32. The van der Waals surface area contributed by atoms with Gasteiger partial charge in [-0.05, 0) is 50.1 Å². The highest BCUT2D eigenvalue weighted by molar-refractivity contribution is 5.87. The zero-order valence-electron chi connectivity index (χ0n) is 14.9. The van der Waals surface area contributed by atoms with E-state index in [-0.39, 0.29) is 24.4 Å². The fourth-order valence-corrected chi connectivity index (χ4v) is 3.81. The Labute approximate surface area is 150 Å². The monoisotopic (exact) mass is 343 g/mol. The molecule has 0 aliphatic carbocycles. The summed E-state index contributed by atoms with van der Waals surface area (Å²) in [6, 6.07) is 10.4. The fraction of sp³-hybridized carbons (Fsp3) is 0.600. The third kappa shape index (κ3) is 5.30. The van der Waals surface area contributed by atoms with Crippen LogP contribution in [0.1, 0.15) is 37.7 Å². The van der Waals surface area contributed by atoms with E-state index in [0.29, 0.717) is 5.92 Å². The Balaban J connectivity index is 1.37. The molecule has 1 aromatic rings. The highest BCUT2D eigenvalue weighted by Crippen LogP contribution is 2.21. The largest absolute Gasteiger partial charge is 0.346 e. The lowest BCUT2D eigenvalue weighted by atomic mass is 9.90. The van der Waals surface area contributed by atoms with Crippen molar-refractivity contribution < 1.29 is 9.59 Å². The lowest BCUT2D eigenvalue weighted by molar-refractivity contribution is -0.134. The van der Waals surface area contributed by atoms with Gasteiger partial charge < -0.3 is 15.5 Å². The van der Waals surface area contributed by atoms with Crippen molar-refractivity contribution in [1.29, 1.82) is 0 Å². The summed E-state index contributed by atoms with van der Waals surface area (Å²) in [7, 11) is 0. The molecule has 25 heavy (non-hydrogen) atoms. The van der Waals surface area contributed by atoms with Gasteiger partial charge in [0.25, 0.3) is 0 Å². The predicted molar refractivity (Wildman–Crippen MR) is 98.1 cm³/mol. The molecule has 0 radical (unpaired) electrons. The van der Waals surface area contributed by atoms with Crippen LogP contribution in [0, 0.1) is 5.92 Å². The van der Waals surface area contributed by atoms with Crippen molar-refractivity contribution in [3.8, 4) is 0 Å². The molecule has 5 heteroatoms. The summed E-state index contributed by atoms with van der Waals surface area (Å²) in [4.78, 5) is 26.3. The number of benzene rings is 1. The van der Waals surface area contributed by atoms with Crippen LogP contribution in [-0.2, 0) is 16.0 Å². The summed E-state index contributed by atoms with van der Waals surface area (Å²) in [5.41, 5.74) is 1.37. The van der Waals surface area contributed by atoms with Crippen molar-refractivity contribution in [3.05, 3.63) is 35.9 Å². The predicted octanol–water partition coefficient (Wildman–Crippen LogP) is 1.73. The van der Waals surface area contributed by atoms with E-state index in [1.165, 1.54) is 5.56 Å². The Morgan fingerprint density at radius 2 is 1.84 bits per heavy atom. The van der Waals surface area contributed by atoms with E-state index in [1.807, 2.05) is 11.0 Å². The van der Waals surface area contributed by atoms with E-state index >= 15 is 0 Å². The summed E-state index contributed by atoms with van der Waals surface area (Å²) in [5.74, 6) is 0.654. The highest BCUT2D eigenvalue weighted by atomic mass is 16.2. The second kappa shape index (κ2) is 8.99. The molecule has 5 nitrogen and oxygen atoms in total. The Bertz CT molecular complexity index is 562. The Kier molecular flexibility index (Phi) is 6.45. The van der Waals surface area contributed by atoms with Gasteiger partial charge in [0.2, 0.25) is 11.8 Å². The van der Waals surface area contributed by atoms with Gasteiger partial charge in [0.05, 0.1) is 12.6 Å². The molecule has 1 aromatic carbocycles. The Hall–Kier alpha value is -1.88. The van der Waals surface area contributed by atoms with Crippen molar-refractivity contribution in [2.24, 2.45) is 5.92 Å². The quantitative estimate of drug-likeness (QED) is 0.856. The number of carbonyl (C=O) groups is 2. The molecule has 2 aliphatic heterocycles. The van der Waals surface area contributed by atoms with Crippen molar-refractivity contribution in [2.45, 2.75) is 44.6 Å². The maximum Gasteiger partial charge on any atom is 0.241 e. The summed E-state index contributed by atoms with van der Waals surface area (Å²) in [6.45, 7) is 2.61. The van der Waals surface area contributed by atoms with Crippen LogP contribution in [0.15, 0.2) is 30.3 Å². The molecule has 2 aliphatic rings. The van der Waals surface area contributed by atoms with Crippen LogP contribution in [0.5, 0.6) is 0 Å². The van der Waals surface area contributed by atoms with Gasteiger partial charge in [-0.1, -0.05) is 36.8 Å². The van der Waals surface area contributed by atoms with Crippen molar-refractivity contribution in [3.63, 3.8) is 0 Å². The van der Waals surface area contributed by atoms with Crippen LogP contribution in [0.3, 0.4) is 0 Å². The second-order valence-electron chi connectivity index (χ2n) is 7.23. The van der Waals surface area contributed by atoms with E-state index in [1.54, 1.807) is 0 Å². The van der Waals surface area contributed by atoms with Crippen LogP contribution >= 0.6 is 0 Å². The zero-order chi connectivity index (χ0) is 17.5. The molecule has 1 atom stereocenters. The van der Waals surface area contributed by atoms with Gasteiger partial charge in [-0.3, -0.25) is 9.59 Å². The van der Waals surface area contributed by atoms with E-state index in [4.69, 9.17) is 0 Å². The van der Waals surface area contributed by atoms with E-state index < -0.39 is 0 Å². The summed E-state index contributed by atoms with van der Waals surface area (Å²) in [5, 5.41) is 6.02. The number of amides is 2. The smallest absolute Gasteiger partial charge is 0.241 e. The third-order valence-electron chi connectivity index (χ3n) is 5.38. The molecule has 1 unspecified atom stereocenters. The van der Waals surface area contributed by atoms with Crippen molar-refractivity contribution in [1.82, 2.24) is 15.5 Å². The second-order valence-corrected chi connectivity index (χ2v) is 7.23. The number of likely N-dealkylation sites (tertiary alicyclic amines) is 1. The van der Waals surface area contributed by atoms with Crippen LogP contribution in [0.4, 0.5) is 0 Å². The number of piperidine rings is 2. The molecule has 136 valence electrons. The molecule has 2 saturated heterocycles.